The summed E-state index contributed by atoms with van der Waals surface area (Å²) in [6.07, 6.45) is -0.292. The minimum atomic E-state index is -4.92. The molecule has 0 aliphatic rings. The quantitative estimate of drug-likeness (QED) is 0.0162. The predicted molar refractivity (Wildman–Crippen MR) is 299 cm³/mol. The van der Waals surface area contributed by atoms with Crippen LogP contribution in [0.3, 0.4) is 0 Å². The summed E-state index contributed by atoms with van der Waals surface area (Å²) < 4.78 is 200. The minimum Gasteiger partial charge on any atom is -0.493 e. The molecule has 8 aromatic rings. The lowest BCUT2D eigenvalue weighted by molar-refractivity contribution is 0.282. The average Bonchev–Trinajstić information content (AvgIpc) is 1.79. The molecule has 0 amide bonds. The van der Waals surface area contributed by atoms with Crippen LogP contribution in [0.2, 0.25) is 5.02 Å². The van der Waals surface area contributed by atoms with E-state index < -0.39 is 105 Å². The van der Waals surface area contributed by atoms with Crippen LogP contribution in [0, 0.1) is 25.2 Å². The van der Waals surface area contributed by atoms with Gasteiger partial charge in [-0.2, -0.15) is 52.5 Å². The van der Waals surface area contributed by atoms with Crippen molar-refractivity contribution in [3.8, 4) is 17.7 Å². The summed E-state index contributed by atoms with van der Waals surface area (Å²) in [4.78, 5) is 6.92. The molecule has 0 aliphatic heterocycles. The Morgan fingerprint density at radius 3 is 1.99 bits per heavy atom. The van der Waals surface area contributed by atoms with Crippen LogP contribution in [-0.4, -0.2) is 126 Å². The van der Waals surface area contributed by atoms with Crippen LogP contribution in [0.1, 0.15) is 35.1 Å². The van der Waals surface area contributed by atoms with Gasteiger partial charge in [-0.3, -0.25) is 27.2 Å². The average molecular weight is 1330 g/mol. The van der Waals surface area contributed by atoms with E-state index in [0.717, 1.165) is 51.8 Å². The number of ether oxygens (including phenoxy) is 1. The molecule has 0 saturated heterocycles. The molecule has 3 aromatic heterocycles. The fourth-order valence-electron chi connectivity index (χ4n) is 7.75. The van der Waals surface area contributed by atoms with Crippen LogP contribution in [0.25, 0.3) is 37.7 Å². The monoisotopic (exact) mass is 1330 g/mol. The third kappa shape index (κ3) is 15.2. The number of aliphatic hydroxyl groups excluding tert-OH is 1. The zero-order chi connectivity index (χ0) is 62.0. The minimum absolute atomic E-state index is 0.0162. The van der Waals surface area contributed by atoms with E-state index in [4.69, 9.17) is 29.0 Å². The molecular formula is C44H37ClN10O21S8. The van der Waals surface area contributed by atoms with E-state index in [1.165, 1.54) is 43.3 Å². The number of hydrogen-bond donors (Lipinski definition) is 7. The second-order valence-corrected chi connectivity index (χ2v) is 27.4. The summed E-state index contributed by atoms with van der Waals surface area (Å²) in [5.41, 5.74) is -0.584. The maximum atomic E-state index is 12.5. The first-order valence-electron chi connectivity index (χ1n) is 22.8. The molecule has 0 spiro atoms. The van der Waals surface area contributed by atoms with Gasteiger partial charge in [0.05, 0.1) is 67.4 Å². The number of nitriles is 1. The number of hydrogen-bond acceptors (Lipinski definition) is 27. The number of aromatic nitrogens is 3. The lowest BCUT2D eigenvalue weighted by Gasteiger charge is -2.12. The van der Waals surface area contributed by atoms with Crippen LogP contribution in [0.5, 0.6) is 11.6 Å². The molecule has 0 bridgehead atoms. The molecule has 7 N–H and O–H groups in total. The van der Waals surface area contributed by atoms with Crippen molar-refractivity contribution in [2.45, 2.75) is 52.9 Å². The molecule has 8 rings (SSSR count). The van der Waals surface area contributed by atoms with Gasteiger partial charge in [0.2, 0.25) is 11.0 Å². The molecule has 0 saturated carbocycles. The third-order valence-electron chi connectivity index (χ3n) is 11.5. The zero-order valence-electron chi connectivity index (χ0n) is 42.2. The Morgan fingerprint density at radius 2 is 1.37 bits per heavy atom. The SMILES string of the molecule is Cc1cc(N=Nc2c(C)c(C#N)c3nc4ccc(S(=O)(=O)O)c(Cl)c4n3c2O)c(OCCCS(=O)(=O)O)cc1N=Nc1cc(CO)c(N=Nc2nc3c(S(=O)(=O)O)cc4ccc(S(=O)(=O)O)cc4c3s2)cc1SCCCS(=O)(=O)O.O=S(=O)=O. The molecule has 84 heavy (non-hydrogen) atoms. The van der Waals surface area contributed by atoms with E-state index in [0.29, 0.717) is 5.56 Å². The van der Waals surface area contributed by atoms with Crippen molar-refractivity contribution in [2.24, 2.45) is 30.7 Å². The van der Waals surface area contributed by atoms with E-state index >= 15 is 0 Å². The van der Waals surface area contributed by atoms with Gasteiger partial charge in [0.25, 0.3) is 50.6 Å². The molecule has 0 aliphatic carbocycles. The van der Waals surface area contributed by atoms with Crippen LogP contribution in [0.4, 0.5) is 33.6 Å². The first-order valence-corrected chi connectivity index (χ1v) is 33.5. The van der Waals surface area contributed by atoms with Crippen LogP contribution < -0.4 is 4.74 Å². The summed E-state index contributed by atoms with van der Waals surface area (Å²) >= 11 is 8.19. The Labute approximate surface area is 488 Å². The van der Waals surface area contributed by atoms with Crippen molar-refractivity contribution >= 4 is 167 Å². The first-order chi connectivity index (χ1) is 39.1. The standard InChI is InChI=1S/C44H37ClN10O18S7.O3S/c1-21-13-31(51-53-38-22(2)27(19-46)42-47-28-7-8-35(79(67,68)69)37(45)40(28)55(42)43(38)57)33(73-9-3-11-76(58,59)60)17-29(21)49-52-32-14-24(20-56)30(18-34(32)74-10-4-12-77(61,62)63)50-54-44-48-39-36(80(70,71)72)15-23-5-6-25(78(64,65)66)16-26(23)41(39)75-44;1-4(2)3/h5-8,13-18,56-57H,3-4,9-12,20H2,1-2H3,(H,58,59,60)(H,61,62,63)(H,64,65,66)(H,67,68,69)(H,70,71,72);. The summed E-state index contributed by atoms with van der Waals surface area (Å²) in [6, 6.07) is 14.0. The Kier molecular flexibility index (Phi) is 19.3. The molecule has 0 radical (unpaired) electrons. The number of aromatic hydroxyl groups is 1. The molecule has 31 nitrogen and oxygen atoms in total. The number of benzene rings is 5. The maximum Gasteiger partial charge on any atom is 0.425 e. The number of aliphatic hydroxyl groups is 1. The Balaban J connectivity index is 0.00000245. The molecule has 444 valence electrons. The van der Waals surface area contributed by atoms with Gasteiger partial charge in [-0.25, -0.2) is 9.97 Å². The smallest absolute Gasteiger partial charge is 0.425 e. The van der Waals surface area contributed by atoms with Gasteiger partial charge in [-0.1, -0.05) is 29.0 Å². The highest BCUT2D eigenvalue weighted by Crippen LogP contribution is 2.45. The van der Waals surface area contributed by atoms with E-state index in [9.17, 15) is 80.3 Å². The largest absolute Gasteiger partial charge is 0.493 e. The summed E-state index contributed by atoms with van der Waals surface area (Å²) in [7, 11) is -26.4. The Bertz CT molecular complexity index is 4900. The fraction of sp³-hybridized carbons (Fsp3) is 0.205. The highest BCUT2D eigenvalue weighted by Gasteiger charge is 2.27. The zero-order valence-corrected chi connectivity index (χ0v) is 49.5. The van der Waals surface area contributed by atoms with Crippen LogP contribution >= 0.6 is 34.7 Å². The number of nitrogens with zero attached hydrogens (tertiary/aromatic N) is 10. The van der Waals surface area contributed by atoms with Crippen molar-refractivity contribution in [2.75, 3.05) is 23.9 Å². The molecule has 0 atom stereocenters. The normalized spacial score (nSPS) is 12.8. The van der Waals surface area contributed by atoms with Gasteiger partial charge in [0, 0.05) is 27.5 Å². The van der Waals surface area contributed by atoms with Gasteiger partial charge in [-0.05, 0) is 91.9 Å². The third-order valence-corrected chi connectivity index (χ3v) is 18.3. The second kappa shape index (κ2) is 25.2. The highest BCUT2D eigenvalue weighted by atomic mass is 35.5. The van der Waals surface area contributed by atoms with Crippen LogP contribution in [-0.2, 0) is 67.8 Å². The summed E-state index contributed by atoms with van der Waals surface area (Å²) in [5.74, 6) is -2.09. The van der Waals surface area contributed by atoms with Gasteiger partial charge < -0.3 is 14.9 Å². The Morgan fingerprint density at radius 1 is 0.738 bits per heavy atom. The van der Waals surface area contributed by atoms with Gasteiger partial charge >= 0.3 is 10.6 Å². The molecule has 5 aromatic carbocycles. The number of aryl methyl sites for hydroxylation is 1. The topological polar surface area (TPSA) is 501 Å². The number of azo groups is 3. The summed E-state index contributed by atoms with van der Waals surface area (Å²) in [6.45, 7) is 1.94. The first kappa shape index (κ1) is 64.4. The van der Waals surface area contributed by atoms with Crippen molar-refractivity contribution in [3.05, 3.63) is 87.9 Å². The number of pyridine rings is 1. The summed E-state index contributed by atoms with van der Waals surface area (Å²) in [5, 5.41) is 57.6. The van der Waals surface area contributed by atoms with E-state index in [2.05, 4.69) is 40.7 Å². The Hall–Kier alpha value is -7.14. The lowest BCUT2D eigenvalue weighted by atomic mass is 10.1. The number of thioether (sulfide) groups is 1. The fourth-order valence-corrected chi connectivity index (χ4v) is 13.2. The van der Waals surface area contributed by atoms with E-state index in [1.54, 1.807) is 6.92 Å². The van der Waals surface area contributed by atoms with Crippen molar-refractivity contribution < 1.29 is 92.4 Å². The highest BCUT2D eigenvalue weighted by molar-refractivity contribution is 7.99. The number of halogens is 1. The predicted octanol–water partition coefficient (Wildman–Crippen LogP) is 8.60. The number of imidazole rings is 1. The maximum absolute atomic E-state index is 12.5. The van der Waals surface area contributed by atoms with Gasteiger partial charge in [0.15, 0.2) is 11.3 Å². The molecule has 40 heteroatoms. The number of fused-ring (bicyclic) bond motifs is 6. The van der Waals surface area contributed by atoms with E-state index in [1.807, 2.05) is 6.07 Å². The lowest BCUT2D eigenvalue weighted by Crippen LogP contribution is -2.08. The van der Waals surface area contributed by atoms with Crippen molar-refractivity contribution in [1.29, 1.82) is 5.26 Å². The molecule has 0 unspecified atom stereocenters. The van der Waals surface area contributed by atoms with Crippen LogP contribution in [0.15, 0.2) is 111 Å². The van der Waals surface area contributed by atoms with Gasteiger partial charge in [0.1, 0.15) is 38.4 Å². The molecule has 3 heterocycles. The van der Waals surface area contributed by atoms with Gasteiger partial charge in [-0.15, -0.1) is 50.0 Å². The van der Waals surface area contributed by atoms with E-state index in [-0.39, 0.29) is 124 Å². The molecular weight excluding hydrogens is 1300 g/mol. The van der Waals surface area contributed by atoms with Crippen molar-refractivity contribution in [1.82, 2.24) is 14.4 Å². The van der Waals surface area contributed by atoms with Crippen molar-refractivity contribution in [3.63, 3.8) is 0 Å². The number of thiazole rings is 1. The number of rotatable bonds is 20. The second-order valence-electron chi connectivity index (χ2n) is 17.2. The molecule has 0 fully saturated rings.